The Hall–Kier alpha value is -1.95. The van der Waals surface area contributed by atoms with E-state index in [1.807, 2.05) is 17.0 Å². The lowest BCUT2D eigenvalue weighted by atomic mass is 9.91. The molecular weight excluding hydrogens is 364 g/mol. The van der Waals surface area contributed by atoms with E-state index in [0.29, 0.717) is 18.9 Å². The van der Waals surface area contributed by atoms with Crippen molar-refractivity contribution in [3.63, 3.8) is 0 Å². The van der Waals surface area contributed by atoms with Crippen LogP contribution in [0.3, 0.4) is 0 Å². The molecule has 6 nitrogen and oxygen atoms in total. The van der Waals surface area contributed by atoms with Crippen LogP contribution in [0.1, 0.15) is 58.4 Å². The van der Waals surface area contributed by atoms with Gasteiger partial charge in [0.1, 0.15) is 0 Å². The van der Waals surface area contributed by atoms with Crippen LogP contribution in [0.15, 0.2) is 24.5 Å². The minimum absolute atomic E-state index is 0.00739. The number of hydrogen-bond acceptors (Lipinski definition) is 4. The molecule has 1 aliphatic heterocycles. The fourth-order valence-corrected chi connectivity index (χ4v) is 4.56. The number of aromatic nitrogens is 1. The maximum Gasteiger partial charge on any atom is 0.237 e. The van der Waals surface area contributed by atoms with E-state index in [0.717, 1.165) is 44.6 Å². The molecule has 2 heterocycles. The third-order valence-corrected chi connectivity index (χ3v) is 6.07. The summed E-state index contributed by atoms with van der Waals surface area (Å²) >= 11 is 0. The average molecular weight is 401 g/mol. The van der Waals surface area contributed by atoms with Crippen LogP contribution in [0.4, 0.5) is 0 Å². The van der Waals surface area contributed by atoms with Gasteiger partial charge in [-0.25, -0.2) is 0 Å². The first-order chi connectivity index (χ1) is 13.8. The molecule has 1 unspecified atom stereocenters. The number of pyridine rings is 1. The van der Waals surface area contributed by atoms with Crippen molar-refractivity contribution in [1.29, 1.82) is 0 Å². The number of carbonyl (C=O) groups is 2. The van der Waals surface area contributed by atoms with Gasteiger partial charge in [-0.1, -0.05) is 33.6 Å². The molecule has 1 saturated heterocycles. The fourth-order valence-electron chi connectivity index (χ4n) is 4.56. The molecule has 29 heavy (non-hydrogen) atoms. The Balaban J connectivity index is 1.59. The minimum atomic E-state index is -0.0841. The summed E-state index contributed by atoms with van der Waals surface area (Å²) in [7, 11) is 0. The summed E-state index contributed by atoms with van der Waals surface area (Å²) in [4.78, 5) is 34.0. The van der Waals surface area contributed by atoms with E-state index in [4.69, 9.17) is 0 Å². The third kappa shape index (κ3) is 6.26. The number of hydrogen-bond donors (Lipinski definition) is 1. The van der Waals surface area contributed by atoms with Crippen molar-refractivity contribution in [3.8, 4) is 0 Å². The molecule has 1 aromatic rings. The molecule has 160 valence electrons. The summed E-state index contributed by atoms with van der Waals surface area (Å²) in [6.45, 7) is 9.83. The van der Waals surface area contributed by atoms with Crippen LogP contribution < -0.4 is 5.32 Å². The molecule has 1 aliphatic carbocycles. The quantitative estimate of drug-likeness (QED) is 0.797. The highest BCUT2D eigenvalue weighted by atomic mass is 16.2. The molecule has 3 rings (SSSR count). The minimum Gasteiger partial charge on any atom is -0.351 e. The molecule has 1 N–H and O–H groups in total. The number of nitrogens with zero attached hydrogens (tertiary/aromatic N) is 3. The molecule has 1 saturated carbocycles. The van der Waals surface area contributed by atoms with Gasteiger partial charge < -0.3 is 10.2 Å². The van der Waals surface area contributed by atoms with Crippen molar-refractivity contribution in [2.45, 2.75) is 65.5 Å². The fraction of sp³-hybridized carbons (Fsp3) is 0.696. The van der Waals surface area contributed by atoms with Crippen molar-refractivity contribution >= 4 is 11.8 Å². The van der Waals surface area contributed by atoms with Gasteiger partial charge in [-0.15, -0.1) is 0 Å². The molecule has 0 radical (unpaired) electrons. The molecule has 6 heteroatoms. The summed E-state index contributed by atoms with van der Waals surface area (Å²) in [5.74, 6) is 0.782. The second-order valence-corrected chi connectivity index (χ2v) is 9.72. The Morgan fingerprint density at radius 1 is 1.10 bits per heavy atom. The van der Waals surface area contributed by atoms with Crippen LogP contribution in [0.2, 0.25) is 0 Å². The summed E-state index contributed by atoms with van der Waals surface area (Å²) in [5.41, 5.74) is 1.07. The number of carbonyl (C=O) groups excluding carboxylic acids is 2. The zero-order valence-electron chi connectivity index (χ0n) is 18.2. The van der Waals surface area contributed by atoms with Gasteiger partial charge in [0.25, 0.3) is 0 Å². The van der Waals surface area contributed by atoms with E-state index in [2.05, 4.69) is 36.0 Å². The van der Waals surface area contributed by atoms with Gasteiger partial charge in [0.15, 0.2) is 0 Å². The summed E-state index contributed by atoms with van der Waals surface area (Å²) < 4.78 is 0. The Bertz CT molecular complexity index is 672. The summed E-state index contributed by atoms with van der Waals surface area (Å²) in [6.07, 6.45) is 8.75. The molecule has 0 aromatic carbocycles. The highest BCUT2D eigenvalue weighted by Gasteiger charge is 2.37. The zero-order valence-corrected chi connectivity index (χ0v) is 18.2. The first kappa shape index (κ1) is 21.8. The van der Waals surface area contributed by atoms with Crippen LogP contribution in [0, 0.1) is 11.3 Å². The molecular formula is C23H36N4O2. The predicted molar refractivity (Wildman–Crippen MR) is 114 cm³/mol. The first-order valence-corrected chi connectivity index (χ1v) is 11.0. The van der Waals surface area contributed by atoms with Gasteiger partial charge in [-0.3, -0.25) is 19.5 Å². The van der Waals surface area contributed by atoms with Crippen LogP contribution in [0.25, 0.3) is 0 Å². The average Bonchev–Trinajstić information content (AvgIpc) is 3.21. The van der Waals surface area contributed by atoms with Crippen molar-refractivity contribution in [2.75, 3.05) is 26.2 Å². The van der Waals surface area contributed by atoms with Crippen molar-refractivity contribution in [3.05, 3.63) is 30.1 Å². The number of nitrogens with one attached hydrogen (secondary N) is 1. The van der Waals surface area contributed by atoms with Crippen LogP contribution >= 0.6 is 0 Å². The summed E-state index contributed by atoms with van der Waals surface area (Å²) in [6, 6.07) is 3.79. The lowest BCUT2D eigenvalue weighted by molar-refractivity contribution is -0.136. The smallest absolute Gasteiger partial charge is 0.237 e. The Labute approximate surface area is 175 Å². The van der Waals surface area contributed by atoms with E-state index >= 15 is 0 Å². The molecule has 2 amide bonds. The van der Waals surface area contributed by atoms with Crippen LogP contribution in [-0.4, -0.2) is 58.8 Å². The second kappa shape index (κ2) is 9.70. The molecule has 2 aliphatic rings. The number of rotatable bonds is 6. The normalized spacial score (nSPS) is 19.9. The predicted octanol–water partition coefficient (Wildman–Crippen LogP) is 2.84. The highest BCUT2D eigenvalue weighted by Crippen LogP contribution is 2.31. The topological polar surface area (TPSA) is 65.5 Å². The van der Waals surface area contributed by atoms with E-state index < -0.39 is 0 Å². The van der Waals surface area contributed by atoms with E-state index in [1.165, 1.54) is 12.8 Å². The Morgan fingerprint density at radius 2 is 1.72 bits per heavy atom. The number of amides is 2. The second-order valence-electron chi connectivity index (χ2n) is 9.72. The van der Waals surface area contributed by atoms with Gasteiger partial charge in [-0.05, 0) is 41.9 Å². The molecule has 0 spiro atoms. The highest BCUT2D eigenvalue weighted by molar-refractivity contribution is 5.82. The van der Waals surface area contributed by atoms with E-state index in [1.54, 1.807) is 12.4 Å². The largest absolute Gasteiger partial charge is 0.351 e. The van der Waals surface area contributed by atoms with Crippen molar-refractivity contribution in [2.24, 2.45) is 11.3 Å². The van der Waals surface area contributed by atoms with Gasteiger partial charge in [-0.2, -0.15) is 0 Å². The molecule has 0 bridgehead atoms. The first-order valence-electron chi connectivity index (χ1n) is 11.0. The maximum absolute atomic E-state index is 13.2. The third-order valence-electron chi connectivity index (χ3n) is 6.07. The molecule has 2 fully saturated rings. The molecule has 1 aromatic heterocycles. The number of piperazine rings is 1. The lowest BCUT2D eigenvalue weighted by Gasteiger charge is -2.41. The molecule has 1 atom stereocenters. The van der Waals surface area contributed by atoms with Crippen molar-refractivity contribution < 1.29 is 9.59 Å². The Kier molecular flexibility index (Phi) is 7.28. The lowest BCUT2D eigenvalue weighted by Crippen LogP contribution is -2.58. The zero-order chi connectivity index (χ0) is 20.9. The maximum atomic E-state index is 13.2. The van der Waals surface area contributed by atoms with Gasteiger partial charge >= 0.3 is 0 Å². The standard InChI is InChI=1S/C23H36N4O2/c1-23(2,3)16-20(28)26-12-14-27(15-13-26)21(19-6-4-5-7-19)22(29)25-17-18-8-10-24-11-9-18/h8-11,19,21H,4-7,12-17H2,1-3H3,(H,25,29). The van der Waals surface area contributed by atoms with Crippen LogP contribution in [0.5, 0.6) is 0 Å². The summed E-state index contributed by atoms with van der Waals surface area (Å²) in [5, 5.41) is 3.15. The van der Waals surface area contributed by atoms with Gasteiger partial charge in [0, 0.05) is 51.5 Å². The van der Waals surface area contributed by atoms with E-state index in [9.17, 15) is 9.59 Å². The van der Waals surface area contributed by atoms with Gasteiger partial charge in [0.2, 0.25) is 11.8 Å². The van der Waals surface area contributed by atoms with Crippen molar-refractivity contribution in [1.82, 2.24) is 20.1 Å². The monoisotopic (exact) mass is 400 g/mol. The Morgan fingerprint density at radius 3 is 2.31 bits per heavy atom. The van der Waals surface area contributed by atoms with E-state index in [-0.39, 0.29) is 23.3 Å². The SMILES string of the molecule is CC(C)(C)CC(=O)N1CCN(C(C(=O)NCc2ccncc2)C2CCCC2)CC1. The van der Waals surface area contributed by atoms with Gasteiger partial charge in [0.05, 0.1) is 6.04 Å². The van der Waals surface area contributed by atoms with Crippen LogP contribution in [-0.2, 0) is 16.1 Å².